The van der Waals surface area contributed by atoms with Crippen molar-refractivity contribution in [3.05, 3.63) is 27.0 Å². The molecule has 0 saturated carbocycles. The molecule has 4 nitrogen and oxygen atoms in total. The van der Waals surface area contributed by atoms with Gasteiger partial charge >= 0.3 is 0 Å². The Hall–Kier alpha value is -0.880. The van der Waals surface area contributed by atoms with Gasteiger partial charge in [0.15, 0.2) is 11.6 Å². The van der Waals surface area contributed by atoms with Gasteiger partial charge in [0.05, 0.1) is 20.9 Å². The standard InChI is InChI=1S/C11H11Br2N3O/c1-3-14-10-8(13)6(2)15-11(16-10)9-7(12)4-5-17-9/h4-5H,3H2,1-2H3,(H,14,15,16). The number of nitrogens with one attached hydrogen (secondary N) is 1. The van der Waals surface area contributed by atoms with Gasteiger partial charge in [0.2, 0.25) is 0 Å². The van der Waals surface area contributed by atoms with E-state index in [4.69, 9.17) is 4.42 Å². The second kappa shape index (κ2) is 5.18. The molecule has 0 aromatic carbocycles. The van der Waals surface area contributed by atoms with Crippen LogP contribution in [0.3, 0.4) is 0 Å². The van der Waals surface area contributed by atoms with E-state index in [0.29, 0.717) is 11.6 Å². The number of hydrogen-bond donors (Lipinski definition) is 1. The Balaban J connectivity index is 2.53. The Morgan fingerprint density at radius 2 is 2.12 bits per heavy atom. The van der Waals surface area contributed by atoms with Gasteiger partial charge in [0.25, 0.3) is 0 Å². The highest BCUT2D eigenvalue weighted by molar-refractivity contribution is 9.11. The van der Waals surface area contributed by atoms with Crippen LogP contribution in [0.25, 0.3) is 11.6 Å². The molecule has 2 aromatic heterocycles. The molecule has 2 heterocycles. The van der Waals surface area contributed by atoms with Crippen molar-refractivity contribution < 1.29 is 4.42 Å². The fourth-order valence-corrected chi connectivity index (χ4v) is 2.09. The Morgan fingerprint density at radius 3 is 2.71 bits per heavy atom. The quantitative estimate of drug-likeness (QED) is 0.898. The van der Waals surface area contributed by atoms with Gasteiger partial charge in [0, 0.05) is 6.54 Å². The smallest absolute Gasteiger partial charge is 0.199 e. The lowest BCUT2D eigenvalue weighted by Gasteiger charge is -2.08. The minimum atomic E-state index is 0.568. The van der Waals surface area contributed by atoms with Gasteiger partial charge in [-0.25, -0.2) is 9.97 Å². The van der Waals surface area contributed by atoms with Crippen molar-refractivity contribution in [2.75, 3.05) is 11.9 Å². The van der Waals surface area contributed by atoms with Crippen LogP contribution < -0.4 is 5.32 Å². The SMILES string of the molecule is CCNc1nc(-c2occc2Br)nc(C)c1Br. The van der Waals surface area contributed by atoms with Crippen LogP contribution in [0.4, 0.5) is 5.82 Å². The summed E-state index contributed by atoms with van der Waals surface area (Å²) in [4.78, 5) is 8.83. The third kappa shape index (κ3) is 2.52. The first-order chi connectivity index (χ1) is 8.13. The van der Waals surface area contributed by atoms with Crippen LogP contribution in [0.2, 0.25) is 0 Å². The zero-order valence-electron chi connectivity index (χ0n) is 9.42. The van der Waals surface area contributed by atoms with Crippen molar-refractivity contribution in [3.8, 4) is 11.6 Å². The summed E-state index contributed by atoms with van der Waals surface area (Å²) in [6.07, 6.45) is 1.60. The molecule has 0 aliphatic carbocycles. The minimum Gasteiger partial charge on any atom is -0.460 e. The number of aromatic nitrogens is 2. The van der Waals surface area contributed by atoms with Crippen LogP contribution in [-0.4, -0.2) is 16.5 Å². The lowest BCUT2D eigenvalue weighted by molar-refractivity contribution is 0.575. The Kier molecular flexibility index (Phi) is 3.83. The maximum atomic E-state index is 5.36. The third-order valence-electron chi connectivity index (χ3n) is 2.18. The van der Waals surface area contributed by atoms with Crippen LogP contribution >= 0.6 is 31.9 Å². The maximum Gasteiger partial charge on any atom is 0.199 e. The predicted molar refractivity (Wildman–Crippen MR) is 74.0 cm³/mol. The van der Waals surface area contributed by atoms with Crippen LogP contribution in [-0.2, 0) is 0 Å². The van der Waals surface area contributed by atoms with Crippen LogP contribution in [0.5, 0.6) is 0 Å². The largest absolute Gasteiger partial charge is 0.460 e. The highest BCUT2D eigenvalue weighted by atomic mass is 79.9. The lowest BCUT2D eigenvalue weighted by atomic mass is 10.3. The first-order valence-corrected chi connectivity index (χ1v) is 6.73. The molecule has 0 aliphatic rings. The van der Waals surface area contributed by atoms with Gasteiger partial charge < -0.3 is 9.73 Å². The molecule has 6 heteroatoms. The number of nitrogens with zero attached hydrogens (tertiary/aromatic N) is 2. The molecule has 0 amide bonds. The summed E-state index contributed by atoms with van der Waals surface area (Å²) in [6, 6.07) is 1.82. The third-order valence-corrected chi connectivity index (χ3v) is 3.76. The second-order valence-corrected chi connectivity index (χ2v) is 5.07. The fraction of sp³-hybridized carbons (Fsp3) is 0.273. The predicted octanol–water partition coefficient (Wildman–Crippen LogP) is 4.00. The molecule has 2 rings (SSSR count). The average molecular weight is 361 g/mol. The summed E-state index contributed by atoms with van der Waals surface area (Å²) in [7, 11) is 0. The highest BCUT2D eigenvalue weighted by Gasteiger charge is 2.14. The van der Waals surface area contributed by atoms with E-state index >= 15 is 0 Å². The first-order valence-electron chi connectivity index (χ1n) is 5.14. The van der Waals surface area contributed by atoms with Crippen molar-refractivity contribution in [1.82, 2.24) is 9.97 Å². The molecular formula is C11H11Br2N3O. The summed E-state index contributed by atoms with van der Waals surface area (Å²) in [6.45, 7) is 4.74. The van der Waals surface area contributed by atoms with E-state index in [1.807, 2.05) is 19.9 Å². The van der Waals surface area contributed by atoms with Gasteiger partial charge in [-0.15, -0.1) is 0 Å². The highest BCUT2D eigenvalue weighted by Crippen LogP contribution is 2.30. The van der Waals surface area contributed by atoms with Crippen molar-refractivity contribution in [3.63, 3.8) is 0 Å². The zero-order valence-corrected chi connectivity index (χ0v) is 12.6. The van der Waals surface area contributed by atoms with E-state index in [2.05, 4.69) is 47.1 Å². The molecule has 0 atom stereocenters. The van der Waals surface area contributed by atoms with E-state index in [0.717, 1.165) is 27.0 Å². The van der Waals surface area contributed by atoms with E-state index < -0.39 is 0 Å². The summed E-state index contributed by atoms with van der Waals surface area (Å²) < 4.78 is 7.09. The second-order valence-electron chi connectivity index (χ2n) is 3.42. The number of anilines is 1. The van der Waals surface area contributed by atoms with Gasteiger partial charge in [0.1, 0.15) is 5.82 Å². The fourth-order valence-electron chi connectivity index (χ4n) is 1.40. The van der Waals surface area contributed by atoms with E-state index in [9.17, 15) is 0 Å². The van der Waals surface area contributed by atoms with Crippen LogP contribution in [0.1, 0.15) is 12.6 Å². The minimum absolute atomic E-state index is 0.568. The first kappa shape index (κ1) is 12.6. The average Bonchev–Trinajstić information content (AvgIpc) is 2.71. The zero-order chi connectivity index (χ0) is 12.4. The molecule has 2 aromatic rings. The molecule has 0 radical (unpaired) electrons. The monoisotopic (exact) mass is 359 g/mol. The molecule has 1 N–H and O–H groups in total. The molecule has 17 heavy (non-hydrogen) atoms. The Labute approximate surface area is 116 Å². The Morgan fingerprint density at radius 1 is 1.35 bits per heavy atom. The molecule has 90 valence electrons. The Bertz CT molecular complexity index is 540. The molecule has 0 fully saturated rings. The summed E-state index contributed by atoms with van der Waals surface area (Å²) in [5.41, 5.74) is 0.870. The summed E-state index contributed by atoms with van der Waals surface area (Å²) in [5, 5.41) is 3.18. The molecule has 0 unspecified atom stereocenters. The number of furan rings is 1. The molecule has 0 bridgehead atoms. The topological polar surface area (TPSA) is 51.0 Å². The van der Waals surface area contributed by atoms with Crippen molar-refractivity contribution in [2.45, 2.75) is 13.8 Å². The van der Waals surface area contributed by atoms with Crippen molar-refractivity contribution >= 4 is 37.7 Å². The van der Waals surface area contributed by atoms with Crippen molar-refractivity contribution in [1.29, 1.82) is 0 Å². The van der Waals surface area contributed by atoms with Crippen LogP contribution in [0.15, 0.2) is 25.7 Å². The van der Waals surface area contributed by atoms with Gasteiger partial charge in [-0.05, 0) is 51.8 Å². The van der Waals surface area contributed by atoms with E-state index in [-0.39, 0.29) is 0 Å². The number of halogens is 2. The maximum absolute atomic E-state index is 5.36. The van der Waals surface area contributed by atoms with Gasteiger partial charge in [-0.1, -0.05) is 0 Å². The molecule has 0 aliphatic heterocycles. The summed E-state index contributed by atoms with van der Waals surface area (Å²) in [5.74, 6) is 1.98. The lowest BCUT2D eigenvalue weighted by Crippen LogP contribution is -2.04. The molecule has 0 saturated heterocycles. The normalized spacial score (nSPS) is 10.6. The number of hydrogen-bond acceptors (Lipinski definition) is 4. The molecular weight excluding hydrogens is 350 g/mol. The van der Waals surface area contributed by atoms with E-state index in [1.165, 1.54) is 0 Å². The van der Waals surface area contributed by atoms with E-state index in [1.54, 1.807) is 6.26 Å². The van der Waals surface area contributed by atoms with Crippen LogP contribution in [0, 0.1) is 6.92 Å². The van der Waals surface area contributed by atoms with Gasteiger partial charge in [-0.2, -0.15) is 0 Å². The van der Waals surface area contributed by atoms with Crippen molar-refractivity contribution in [2.24, 2.45) is 0 Å². The summed E-state index contributed by atoms with van der Waals surface area (Å²) >= 11 is 6.87. The van der Waals surface area contributed by atoms with Gasteiger partial charge in [-0.3, -0.25) is 0 Å². The number of rotatable bonds is 3. The molecule has 0 spiro atoms. The number of aryl methyl sites for hydroxylation is 1.